The first-order valence-corrected chi connectivity index (χ1v) is 23.5. The molecule has 0 amide bonds. The summed E-state index contributed by atoms with van der Waals surface area (Å²) < 4.78 is 9.85. The van der Waals surface area contributed by atoms with Gasteiger partial charge in [-0.25, -0.2) is 19.9 Å². The van der Waals surface area contributed by atoms with Gasteiger partial charge in [0.2, 0.25) is 0 Å². The number of anilines is 8. The van der Waals surface area contributed by atoms with E-state index < -0.39 is 8.72 Å². The van der Waals surface area contributed by atoms with Gasteiger partial charge in [-0.05, 0) is 93.0 Å². The summed E-state index contributed by atoms with van der Waals surface area (Å²) in [5, 5.41) is 0. The lowest BCUT2D eigenvalue weighted by atomic mass is 10.1. The van der Waals surface area contributed by atoms with E-state index in [1.165, 1.54) is 0 Å². The van der Waals surface area contributed by atoms with Crippen LogP contribution in [0, 0.1) is 0 Å². The van der Waals surface area contributed by atoms with Gasteiger partial charge in [0.05, 0.1) is 0 Å². The quantitative estimate of drug-likeness (QED) is 0.140. The van der Waals surface area contributed by atoms with Crippen LogP contribution in [-0.4, -0.2) is 28.7 Å². The van der Waals surface area contributed by atoms with Crippen molar-refractivity contribution in [3.63, 3.8) is 0 Å². The molecule has 0 saturated carbocycles. The standard InChI is InChI=1S/C56H40N8Si/c1-5-17-41(18-6-1)45-25-13-29-49(37-45)61-53-54(58-34-33-57-53)62(50-30-14-26-46(38-50)42-19-7-2-8-20-42)65(61)63(51-31-15-27-47(39-51)43-21-9-3-10-22-43)55-56(60-36-35-59-55)64(65)52-32-16-28-48(40-52)44-23-11-4-12-24-44/h1-40H. The lowest BCUT2D eigenvalue weighted by Gasteiger charge is -2.48. The number of benzene rings is 8. The Morgan fingerprint density at radius 2 is 0.446 bits per heavy atom. The van der Waals surface area contributed by atoms with Gasteiger partial charge in [0, 0.05) is 47.5 Å². The van der Waals surface area contributed by atoms with Crippen molar-refractivity contribution in [2.24, 2.45) is 0 Å². The van der Waals surface area contributed by atoms with Crippen LogP contribution < -0.4 is 18.3 Å². The van der Waals surface area contributed by atoms with Crippen molar-refractivity contribution in [1.29, 1.82) is 0 Å². The lowest BCUT2D eigenvalue weighted by molar-refractivity contribution is 1.15. The van der Waals surface area contributed by atoms with Crippen molar-refractivity contribution in [3.8, 4) is 44.5 Å². The van der Waals surface area contributed by atoms with Crippen LogP contribution in [0.5, 0.6) is 0 Å². The van der Waals surface area contributed by atoms with Crippen LogP contribution in [0.2, 0.25) is 0 Å². The molecule has 0 aliphatic carbocycles. The monoisotopic (exact) mass is 852 g/mol. The smallest absolute Gasteiger partial charge is 0.297 e. The zero-order valence-corrected chi connectivity index (χ0v) is 36.2. The topological polar surface area (TPSA) is 64.5 Å². The van der Waals surface area contributed by atoms with E-state index in [0.29, 0.717) is 0 Å². The van der Waals surface area contributed by atoms with Crippen molar-refractivity contribution >= 4 is 54.7 Å². The highest BCUT2D eigenvalue weighted by Gasteiger charge is 2.72. The van der Waals surface area contributed by atoms with E-state index in [0.717, 1.165) is 90.5 Å². The highest BCUT2D eigenvalue weighted by atomic mass is 28.4. The number of hydrogen-bond acceptors (Lipinski definition) is 8. The predicted molar refractivity (Wildman–Crippen MR) is 266 cm³/mol. The molecule has 9 heteroatoms. The average Bonchev–Trinajstić information content (AvgIpc) is 3.86. The van der Waals surface area contributed by atoms with E-state index in [4.69, 9.17) is 19.9 Å². The minimum Gasteiger partial charge on any atom is -0.297 e. The third kappa shape index (κ3) is 6.36. The highest BCUT2D eigenvalue weighted by Crippen LogP contribution is 2.60. The van der Waals surface area contributed by atoms with E-state index in [2.05, 4.69) is 237 Å². The van der Waals surface area contributed by atoms with E-state index in [9.17, 15) is 0 Å². The van der Waals surface area contributed by atoms with Crippen molar-refractivity contribution in [1.82, 2.24) is 19.9 Å². The van der Waals surface area contributed by atoms with E-state index in [1.807, 2.05) is 0 Å². The molecule has 2 aliphatic heterocycles. The average molecular weight is 853 g/mol. The predicted octanol–water partition coefficient (Wildman–Crippen LogP) is 13.6. The van der Waals surface area contributed by atoms with E-state index >= 15 is 0 Å². The Balaban J connectivity index is 1.22. The van der Waals surface area contributed by atoms with Gasteiger partial charge in [-0.1, -0.05) is 170 Å². The molecular weight excluding hydrogens is 813 g/mol. The number of fused-ring (bicyclic) bond motifs is 2. The molecule has 0 saturated heterocycles. The normalized spacial score (nSPS) is 13.5. The Kier molecular flexibility index (Phi) is 9.31. The van der Waals surface area contributed by atoms with Gasteiger partial charge in [0.25, 0.3) is 0 Å². The van der Waals surface area contributed by atoms with Gasteiger partial charge in [0.1, 0.15) is 0 Å². The summed E-state index contributed by atoms with van der Waals surface area (Å²) in [5.74, 6) is 2.93. The molecule has 1 spiro atoms. The molecule has 2 aliphatic rings. The maximum Gasteiger partial charge on any atom is 0.526 e. The van der Waals surface area contributed by atoms with Gasteiger partial charge >= 0.3 is 8.72 Å². The van der Waals surface area contributed by atoms with Gasteiger partial charge in [0.15, 0.2) is 23.3 Å². The third-order valence-electron chi connectivity index (χ3n) is 12.2. The van der Waals surface area contributed by atoms with E-state index in [1.54, 1.807) is 24.8 Å². The summed E-state index contributed by atoms with van der Waals surface area (Å²) in [6.07, 6.45) is 7.22. The zero-order valence-electron chi connectivity index (χ0n) is 35.2. The van der Waals surface area contributed by atoms with Crippen LogP contribution in [0.4, 0.5) is 46.0 Å². The largest absolute Gasteiger partial charge is 0.526 e. The molecule has 0 N–H and O–H groups in total. The summed E-state index contributed by atoms with van der Waals surface area (Å²) in [6, 6.07) is 77.4. The molecule has 2 aromatic heterocycles. The SMILES string of the molecule is c1ccc(-c2cccc(N3c4nccnc4N(c4cccc(-c5ccccc5)c4)[Si]34N(c3cccc(-c5ccccc5)c3)c3nccnc3N4c3cccc(-c4ccccc4)c3)c2)cc1. The first kappa shape index (κ1) is 38.0. The molecule has 0 atom stereocenters. The molecule has 12 rings (SSSR count). The number of nitrogens with zero attached hydrogens (tertiary/aromatic N) is 8. The van der Waals surface area contributed by atoms with Crippen LogP contribution in [0.1, 0.15) is 0 Å². The Hall–Kier alpha value is -8.66. The van der Waals surface area contributed by atoms with Gasteiger partial charge in [-0.2, -0.15) is 0 Å². The maximum atomic E-state index is 5.31. The van der Waals surface area contributed by atoms with Gasteiger partial charge in [-0.3, -0.25) is 18.3 Å². The van der Waals surface area contributed by atoms with Crippen LogP contribution in [-0.2, 0) is 0 Å². The second kappa shape index (κ2) is 15.9. The molecule has 8 nitrogen and oxygen atoms in total. The molecule has 0 fully saturated rings. The molecule has 65 heavy (non-hydrogen) atoms. The summed E-state index contributed by atoms with van der Waals surface area (Å²) in [6.45, 7) is 0. The lowest BCUT2D eigenvalue weighted by Crippen LogP contribution is -2.76. The number of aromatic nitrogens is 4. The first-order chi connectivity index (χ1) is 32.3. The van der Waals surface area contributed by atoms with Crippen molar-refractivity contribution in [2.45, 2.75) is 0 Å². The van der Waals surface area contributed by atoms with Crippen LogP contribution >= 0.6 is 0 Å². The third-order valence-corrected chi connectivity index (χ3v) is 16.5. The summed E-state index contributed by atoms with van der Waals surface area (Å²) in [5.41, 5.74) is 12.7. The Morgan fingerprint density at radius 1 is 0.231 bits per heavy atom. The minimum absolute atomic E-state index is 0.732. The second-order valence-corrected chi connectivity index (χ2v) is 19.0. The van der Waals surface area contributed by atoms with Gasteiger partial charge in [-0.15, -0.1) is 0 Å². The van der Waals surface area contributed by atoms with Crippen molar-refractivity contribution < 1.29 is 0 Å². The number of hydrogen-bond donors (Lipinski definition) is 0. The van der Waals surface area contributed by atoms with E-state index in [-0.39, 0.29) is 0 Å². The van der Waals surface area contributed by atoms with Crippen LogP contribution in [0.3, 0.4) is 0 Å². The molecular formula is C56H40N8Si. The molecule has 10 aromatic rings. The fourth-order valence-corrected chi connectivity index (χ4v) is 14.4. The molecule has 0 unspecified atom stereocenters. The molecule has 308 valence electrons. The van der Waals surface area contributed by atoms with Crippen LogP contribution in [0.25, 0.3) is 44.5 Å². The number of rotatable bonds is 8. The summed E-state index contributed by atoms with van der Waals surface area (Å²) in [7, 11) is -3.97. The van der Waals surface area contributed by atoms with Crippen molar-refractivity contribution in [3.05, 3.63) is 243 Å². The fraction of sp³-hybridized carbons (Fsp3) is 0. The summed E-state index contributed by atoms with van der Waals surface area (Å²) >= 11 is 0. The van der Waals surface area contributed by atoms with Gasteiger partial charge < -0.3 is 0 Å². The molecule has 4 heterocycles. The molecule has 0 radical (unpaired) electrons. The summed E-state index contributed by atoms with van der Waals surface area (Å²) in [4.78, 5) is 21.2. The van der Waals surface area contributed by atoms with Crippen molar-refractivity contribution in [2.75, 3.05) is 18.3 Å². The fourth-order valence-electron chi connectivity index (χ4n) is 9.45. The highest BCUT2D eigenvalue weighted by molar-refractivity contribution is 6.99. The second-order valence-electron chi connectivity index (χ2n) is 16.0. The zero-order chi connectivity index (χ0) is 43.2. The minimum atomic E-state index is -3.97. The molecule has 8 aromatic carbocycles. The molecule has 0 bridgehead atoms. The first-order valence-electron chi connectivity index (χ1n) is 21.7. The Bertz CT molecular complexity index is 2870. The van der Waals surface area contributed by atoms with Crippen LogP contribution in [0.15, 0.2) is 243 Å². The maximum absolute atomic E-state index is 5.31. The Morgan fingerprint density at radius 3 is 0.677 bits per heavy atom. The Labute approximate surface area is 379 Å².